The predicted octanol–water partition coefficient (Wildman–Crippen LogP) is 3.17. The van der Waals surface area contributed by atoms with Gasteiger partial charge in [0.25, 0.3) is 0 Å². The fourth-order valence-corrected chi connectivity index (χ4v) is 3.42. The lowest BCUT2D eigenvalue weighted by Gasteiger charge is -2.38. The molecule has 2 fully saturated rings. The van der Waals surface area contributed by atoms with Crippen LogP contribution in [0.15, 0.2) is 12.1 Å². The molecule has 2 saturated heterocycles. The number of pyridine rings is 1. The van der Waals surface area contributed by atoms with Gasteiger partial charge in [0.05, 0.1) is 5.41 Å². The van der Waals surface area contributed by atoms with E-state index in [1.807, 2.05) is 25.8 Å². The van der Waals surface area contributed by atoms with Crippen LogP contribution in [0.2, 0.25) is 0 Å². The van der Waals surface area contributed by atoms with E-state index in [9.17, 15) is 4.79 Å². The molecule has 22 heavy (non-hydrogen) atoms. The molecule has 0 aliphatic carbocycles. The third-order valence-corrected chi connectivity index (χ3v) is 5.11. The summed E-state index contributed by atoms with van der Waals surface area (Å²) < 4.78 is 0. The summed E-state index contributed by atoms with van der Waals surface area (Å²) in [6, 6.07) is 4.24. The van der Waals surface area contributed by atoms with Gasteiger partial charge in [0.1, 0.15) is 5.82 Å². The molecule has 0 N–H and O–H groups in total. The van der Waals surface area contributed by atoms with Crippen LogP contribution in [0.5, 0.6) is 0 Å². The first-order valence-corrected chi connectivity index (χ1v) is 8.47. The van der Waals surface area contributed by atoms with E-state index in [0.717, 1.165) is 50.4 Å². The lowest BCUT2D eigenvalue weighted by Crippen LogP contribution is -2.44. The third-order valence-electron chi connectivity index (χ3n) is 5.11. The molecule has 0 unspecified atom stereocenters. The van der Waals surface area contributed by atoms with E-state index >= 15 is 0 Å². The van der Waals surface area contributed by atoms with E-state index in [1.54, 1.807) is 0 Å². The Kier molecular flexibility index (Phi) is 5.09. The van der Waals surface area contributed by atoms with Gasteiger partial charge in [-0.3, -0.25) is 4.79 Å². The number of hydrogen-bond donors (Lipinski definition) is 0. The Bertz CT molecular complexity index is 533. The molecule has 3 heterocycles. The standard InChI is InChI=1S/C16H23N3O.C2H6/c1-12-4-5-14(17-13(12)2)19-10-7-16(8-11-19)6-9-18(3)15(16)20;1-2/h4-5H,6-11H2,1-3H3;1-2H3. The quantitative estimate of drug-likeness (QED) is 0.799. The number of aryl methyl sites for hydroxylation is 2. The number of nitrogens with zero attached hydrogens (tertiary/aromatic N) is 3. The van der Waals surface area contributed by atoms with E-state index in [2.05, 4.69) is 35.9 Å². The van der Waals surface area contributed by atoms with E-state index < -0.39 is 0 Å². The van der Waals surface area contributed by atoms with Crippen molar-refractivity contribution in [2.24, 2.45) is 5.41 Å². The second kappa shape index (κ2) is 6.67. The molecule has 2 aliphatic heterocycles. The SMILES string of the molecule is CC.Cc1ccc(N2CCC3(CCN(C)C3=O)CC2)nc1C. The molecular weight excluding hydrogens is 274 g/mol. The van der Waals surface area contributed by atoms with E-state index in [4.69, 9.17) is 0 Å². The molecule has 0 radical (unpaired) electrons. The van der Waals surface area contributed by atoms with Gasteiger partial charge in [-0.25, -0.2) is 4.98 Å². The van der Waals surface area contributed by atoms with Gasteiger partial charge in [-0.05, 0) is 44.7 Å². The van der Waals surface area contributed by atoms with Crippen LogP contribution in [-0.4, -0.2) is 42.5 Å². The molecule has 3 rings (SSSR count). The second-order valence-corrected chi connectivity index (χ2v) is 6.32. The zero-order valence-electron chi connectivity index (χ0n) is 14.6. The number of amides is 1. The molecule has 0 saturated carbocycles. The Morgan fingerprint density at radius 1 is 1.05 bits per heavy atom. The largest absolute Gasteiger partial charge is 0.357 e. The monoisotopic (exact) mass is 303 g/mol. The minimum absolute atomic E-state index is 0.0784. The van der Waals surface area contributed by atoms with E-state index in [0.29, 0.717) is 5.91 Å². The van der Waals surface area contributed by atoms with Crippen molar-refractivity contribution in [3.63, 3.8) is 0 Å². The molecule has 4 heteroatoms. The first-order valence-electron chi connectivity index (χ1n) is 8.47. The van der Waals surface area contributed by atoms with Gasteiger partial charge in [0, 0.05) is 32.4 Å². The first kappa shape index (κ1) is 16.8. The van der Waals surface area contributed by atoms with Crippen molar-refractivity contribution in [1.82, 2.24) is 9.88 Å². The van der Waals surface area contributed by atoms with Crippen LogP contribution in [0.3, 0.4) is 0 Å². The lowest BCUT2D eigenvalue weighted by atomic mass is 9.77. The summed E-state index contributed by atoms with van der Waals surface area (Å²) in [6.07, 6.45) is 2.95. The highest BCUT2D eigenvalue weighted by molar-refractivity contribution is 5.85. The maximum Gasteiger partial charge on any atom is 0.228 e. The van der Waals surface area contributed by atoms with Crippen molar-refractivity contribution in [2.75, 3.05) is 31.6 Å². The summed E-state index contributed by atoms with van der Waals surface area (Å²) in [4.78, 5) is 21.2. The van der Waals surface area contributed by atoms with Crippen molar-refractivity contribution in [3.05, 3.63) is 23.4 Å². The summed E-state index contributed by atoms with van der Waals surface area (Å²) in [5.74, 6) is 1.41. The van der Waals surface area contributed by atoms with Gasteiger partial charge in [-0.1, -0.05) is 19.9 Å². The lowest BCUT2D eigenvalue weighted by molar-refractivity contribution is -0.135. The van der Waals surface area contributed by atoms with Gasteiger partial charge in [0.2, 0.25) is 5.91 Å². The van der Waals surface area contributed by atoms with E-state index in [-0.39, 0.29) is 5.41 Å². The van der Waals surface area contributed by atoms with Gasteiger partial charge >= 0.3 is 0 Å². The number of piperidine rings is 1. The number of carbonyl (C=O) groups is 1. The van der Waals surface area contributed by atoms with Gasteiger partial charge in [0.15, 0.2) is 0 Å². The van der Waals surface area contributed by atoms with Crippen LogP contribution in [0.1, 0.15) is 44.4 Å². The number of likely N-dealkylation sites (tertiary alicyclic amines) is 1. The zero-order valence-corrected chi connectivity index (χ0v) is 14.6. The number of hydrogen-bond acceptors (Lipinski definition) is 3. The average molecular weight is 303 g/mol. The number of anilines is 1. The molecule has 0 aromatic carbocycles. The van der Waals surface area contributed by atoms with Crippen molar-refractivity contribution in [1.29, 1.82) is 0 Å². The average Bonchev–Trinajstić information content (AvgIpc) is 2.82. The Labute approximate surface area is 134 Å². The highest BCUT2D eigenvalue weighted by atomic mass is 16.2. The molecule has 2 aliphatic rings. The molecule has 1 spiro atoms. The Hall–Kier alpha value is -1.58. The van der Waals surface area contributed by atoms with Crippen molar-refractivity contribution < 1.29 is 4.79 Å². The molecule has 4 nitrogen and oxygen atoms in total. The van der Waals surface area contributed by atoms with Crippen LogP contribution in [0.25, 0.3) is 0 Å². The Morgan fingerprint density at radius 2 is 1.64 bits per heavy atom. The van der Waals surface area contributed by atoms with Crippen LogP contribution < -0.4 is 4.90 Å². The summed E-state index contributed by atoms with van der Waals surface area (Å²) >= 11 is 0. The Balaban J connectivity index is 0.000000847. The molecule has 1 aromatic rings. The minimum atomic E-state index is -0.0784. The van der Waals surface area contributed by atoms with Crippen molar-refractivity contribution in [2.45, 2.75) is 47.0 Å². The summed E-state index contributed by atoms with van der Waals surface area (Å²) in [5, 5.41) is 0. The fraction of sp³-hybridized carbons (Fsp3) is 0.667. The predicted molar refractivity (Wildman–Crippen MR) is 91.2 cm³/mol. The highest BCUT2D eigenvalue weighted by Crippen LogP contribution is 2.41. The molecule has 1 aromatic heterocycles. The van der Waals surface area contributed by atoms with Crippen LogP contribution in [0, 0.1) is 19.3 Å². The van der Waals surface area contributed by atoms with Crippen LogP contribution in [0.4, 0.5) is 5.82 Å². The molecular formula is C18H29N3O. The summed E-state index contributed by atoms with van der Waals surface area (Å²) in [7, 11) is 1.92. The van der Waals surface area contributed by atoms with Crippen molar-refractivity contribution >= 4 is 11.7 Å². The molecule has 0 bridgehead atoms. The van der Waals surface area contributed by atoms with Gasteiger partial charge in [-0.15, -0.1) is 0 Å². The molecule has 0 atom stereocenters. The molecule has 122 valence electrons. The topological polar surface area (TPSA) is 36.4 Å². The maximum absolute atomic E-state index is 12.3. The second-order valence-electron chi connectivity index (χ2n) is 6.32. The summed E-state index contributed by atoms with van der Waals surface area (Å²) in [6.45, 7) is 10.9. The van der Waals surface area contributed by atoms with Gasteiger partial charge in [-0.2, -0.15) is 0 Å². The number of aromatic nitrogens is 1. The molecule has 1 amide bonds. The van der Waals surface area contributed by atoms with Crippen LogP contribution >= 0.6 is 0 Å². The smallest absolute Gasteiger partial charge is 0.228 e. The fourth-order valence-electron chi connectivity index (χ4n) is 3.42. The van der Waals surface area contributed by atoms with Crippen LogP contribution in [-0.2, 0) is 4.79 Å². The number of carbonyl (C=O) groups excluding carboxylic acids is 1. The van der Waals surface area contributed by atoms with Gasteiger partial charge < -0.3 is 9.80 Å². The van der Waals surface area contributed by atoms with Crippen molar-refractivity contribution in [3.8, 4) is 0 Å². The summed E-state index contributed by atoms with van der Waals surface area (Å²) in [5.41, 5.74) is 2.25. The highest BCUT2D eigenvalue weighted by Gasteiger charge is 2.46. The minimum Gasteiger partial charge on any atom is -0.357 e. The Morgan fingerprint density at radius 3 is 2.14 bits per heavy atom. The third kappa shape index (κ3) is 2.96. The number of rotatable bonds is 1. The first-order chi connectivity index (χ1) is 10.5. The normalized spacial score (nSPS) is 20.1. The maximum atomic E-state index is 12.3. The zero-order chi connectivity index (χ0) is 16.3. The van der Waals surface area contributed by atoms with E-state index in [1.165, 1.54) is 5.56 Å².